The van der Waals surface area contributed by atoms with Crippen molar-refractivity contribution in [1.82, 2.24) is 5.32 Å². The Kier molecular flexibility index (Phi) is 6.63. The third-order valence-electron chi connectivity index (χ3n) is 3.76. The first kappa shape index (κ1) is 17.1. The van der Waals surface area contributed by atoms with Crippen molar-refractivity contribution in [2.45, 2.75) is 58.6 Å². The monoisotopic (exact) mass is 281 g/mol. The lowest BCUT2D eigenvalue weighted by molar-refractivity contribution is 0.0116. The first-order chi connectivity index (χ1) is 9.39. The van der Waals surface area contributed by atoms with Gasteiger partial charge in [-0.1, -0.05) is 19.1 Å². The standard InChI is InChI=1S/C17H28FNO/c1-6-11-19-16(9-10-17(3,4)20-5)14-8-7-13(2)12-15(14)18/h7-8,12,16,19H,6,9-11H2,1-5H3. The molecule has 114 valence electrons. The van der Waals surface area contributed by atoms with E-state index in [1.165, 1.54) is 0 Å². The summed E-state index contributed by atoms with van der Waals surface area (Å²) in [5.74, 6) is -0.117. The van der Waals surface area contributed by atoms with E-state index >= 15 is 0 Å². The van der Waals surface area contributed by atoms with E-state index in [1.807, 2.05) is 19.1 Å². The maximum absolute atomic E-state index is 14.2. The number of hydrogen-bond acceptors (Lipinski definition) is 2. The topological polar surface area (TPSA) is 21.3 Å². The molecule has 1 atom stereocenters. The largest absolute Gasteiger partial charge is 0.379 e. The normalized spacial score (nSPS) is 13.5. The maximum Gasteiger partial charge on any atom is 0.128 e. The highest BCUT2D eigenvalue weighted by molar-refractivity contribution is 5.26. The molecule has 0 aromatic heterocycles. The van der Waals surface area contributed by atoms with Gasteiger partial charge >= 0.3 is 0 Å². The summed E-state index contributed by atoms with van der Waals surface area (Å²) in [6.45, 7) is 9.06. The van der Waals surface area contributed by atoms with Gasteiger partial charge in [0.2, 0.25) is 0 Å². The molecule has 1 unspecified atom stereocenters. The van der Waals surface area contributed by atoms with Crippen LogP contribution in [0.3, 0.4) is 0 Å². The second-order valence-corrected chi connectivity index (χ2v) is 6.03. The summed E-state index contributed by atoms with van der Waals surface area (Å²) < 4.78 is 19.6. The Morgan fingerprint density at radius 1 is 1.35 bits per heavy atom. The molecule has 0 spiro atoms. The van der Waals surface area contributed by atoms with E-state index in [2.05, 4.69) is 26.1 Å². The highest BCUT2D eigenvalue weighted by Crippen LogP contribution is 2.26. The number of benzene rings is 1. The molecular weight excluding hydrogens is 253 g/mol. The van der Waals surface area contributed by atoms with Gasteiger partial charge in [-0.25, -0.2) is 4.39 Å². The smallest absolute Gasteiger partial charge is 0.128 e. The lowest BCUT2D eigenvalue weighted by Gasteiger charge is -2.27. The van der Waals surface area contributed by atoms with Gasteiger partial charge in [-0.3, -0.25) is 0 Å². The van der Waals surface area contributed by atoms with Crippen LogP contribution in [0.2, 0.25) is 0 Å². The predicted octanol–water partition coefficient (Wildman–Crippen LogP) is 4.38. The fourth-order valence-electron chi connectivity index (χ4n) is 2.19. The minimum absolute atomic E-state index is 0.0463. The van der Waals surface area contributed by atoms with Crippen LogP contribution in [0.4, 0.5) is 4.39 Å². The number of aryl methyl sites for hydroxylation is 1. The molecule has 0 saturated heterocycles. The van der Waals surface area contributed by atoms with E-state index in [4.69, 9.17) is 4.74 Å². The average Bonchev–Trinajstić information content (AvgIpc) is 2.40. The van der Waals surface area contributed by atoms with Crippen LogP contribution in [-0.2, 0) is 4.74 Å². The summed E-state index contributed by atoms with van der Waals surface area (Å²) in [4.78, 5) is 0. The summed E-state index contributed by atoms with van der Waals surface area (Å²) in [6.07, 6.45) is 2.79. The van der Waals surface area contributed by atoms with Crippen LogP contribution in [0.5, 0.6) is 0 Å². The van der Waals surface area contributed by atoms with Crippen molar-refractivity contribution in [3.8, 4) is 0 Å². The van der Waals surface area contributed by atoms with E-state index in [9.17, 15) is 4.39 Å². The van der Waals surface area contributed by atoms with Crippen LogP contribution in [0.1, 0.15) is 57.2 Å². The van der Waals surface area contributed by atoms with Gasteiger partial charge in [0.05, 0.1) is 5.60 Å². The molecule has 0 heterocycles. The molecule has 1 aromatic carbocycles. The average molecular weight is 281 g/mol. The molecule has 0 aliphatic rings. The maximum atomic E-state index is 14.2. The molecule has 1 aromatic rings. The van der Waals surface area contributed by atoms with E-state index in [-0.39, 0.29) is 17.5 Å². The van der Waals surface area contributed by atoms with Gasteiger partial charge in [-0.2, -0.15) is 0 Å². The Hall–Kier alpha value is -0.930. The second-order valence-electron chi connectivity index (χ2n) is 6.03. The van der Waals surface area contributed by atoms with Crippen molar-refractivity contribution in [3.63, 3.8) is 0 Å². The molecule has 20 heavy (non-hydrogen) atoms. The van der Waals surface area contributed by atoms with E-state index < -0.39 is 0 Å². The molecule has 0 bridgehead atoms. The van der Waals surface area contributed by atoms with Crippen molar-refractivity contribution in [3.05, 3.63) is 35.1 Å². The van der Waals surface area contributed by atoms with Gasteiger partial charge < -0.3 is 10.1 Å². The Labute approximate surface area is 122 Å². The summed E-state index contributed by atoms with van der Waals surface area (Å²) in [5.41, 5.74) is 1.54. The Morgan fingerprint density at radius 3 is 2.60 bits per heavy atom. The summed E-state index contributed by atoms with van der Waals surface area (Å²) in [7, 11) is 1.72. The molecule has 0 amide bonds. The summed E-state index contributed by atoms with van der Waals surface area (Å²) in [5, 5.41) is 3.45. The number of ether oxygens (including phenoxy) is 1. The molecule has 0 radical (unpaired) electrons. The quantitative estimate of drug-likeness (QED) is 0.763. The van der Waals surface area contributed by atoms with Crippen LogP contribution in [0.15, 0.2) is 18.2 Å². The molecule has 0 aliphatic carbocycles. The van der Waals surface area contributed by atoms with Crippen LogP contribution >= 0.6 is 0 Å². The minimum atomic E-state index is -0.173. The predicted molar refractivity (Wildman–Crippen MR) is 82.5 cm³/mol. The van der Waals surface area contributed by atoms with Gasteiger partial charge in [-0.15, -0.1) is 0 Å². The van der Waals surface area contributed by atoms with Crippen molar-refractivity contribution in [2.24, 2.45) is 0 Å². The van der Waals surface area contributed by atoms with E-state index in [0.717, 1.165) is 36.9 Å². The fourth-order valence-corrected chi connectivity index (χ4v) is 2.19. The summed E-state index contributed by atoms with van der Waals surface area (Å²) in [6, 6.07) is 5.53. The molecule has 0 fully saturated rings. The number of rotatable bonds is 8. The van der Waals surface area contributed by atoms with Gasteiger partial charge in [0.1, 0.15) is 5.82 Å². The zero-order chi connectivity index (χ0) is 15.2. The zero-order valence-electron chi connectivity index (χ0n) is 13.4. The highest BCUT2D eigenvalue weighted by Gasteiger charge is 2.21. The number of nitrogens with one attached hydrogen (secondary N) is 1. The van der Waals surface area contributed by atoms with Gasteiger partial charge in [-0.05, 0) is 58.2 Å². The number of hydrogen-bond donors (Lipinski definition) is 1. The molecule has 1 N–H and O–H groups in total. The SMILES string of the molecule is CCCNC(CCC(C)(C)OC)c1ccc(C)cc1F. The fraction of sp³-hybridized carbons (Fsp3) is 0.647. The minimum Gasteiger partial charge on any atom is -0.379 e. The first-order valence-electron chi connectivity index (χ1n) is 7.44. The zero-order valence-corrected chi connectivity index (χ0v) is 13.4. The Morgan fingerprint density at radius 2 is 2.05 bits per heavy atom. The van der Waals surface area contributed by atoms with Crippen LogP contribution in [0.25, 0.3) is 0 Å². The highest BCUT2D eigenvalue weighted by atomic mass is 19.1. The molecule has 0 saturated carbocycles. The lowest BCUT2D eigenvalue weighted by Crippen LogP contribution is -2.28. The second kappa shape index (κ2) is 7.75. The van der Waals surface area contributed by atoms with Crippen molar-refractivity contribution >= 4 is 0 Å². The molecule has 3 heteroatoms. The third-order valence-corrected chi connectivity index (χ3v) is 3.76. The number of halogens is 1. The number of methoxy groups -OCH3 is 1. The Bertz CT molecular complexity index is 417. The van der Waals surface area contributed by atoms with Crippen molar-refractivity contribution < 1.29 is 9.13 Å². The van der Waals surface area contributed by atoms with Gasteiger partial charge in [0, 0.05) is 18.7 Å². The lowest BCUT2D eigenvalue weighted by atomic mass is 9.94. The van der Waals surface area contributed by atoms with Crippen LogP contribution in [-0.4, -0.2) is 19.3 Å². The van der Waals surface area contributed by atoms with Gasteiger partial charge in [0.15, 0.2) is 0 Å². The molecular formula is C17H28FNO. The molecule has 0 aliphatic heterocycles. The van der Waals surface area contributed by atoms with Gasteiger partial charge in [0.25, 0.3) is 0 Å². The summed E-state index contributed by atoms with van der Waals surface area (Å²) >= 11 is 0. The van der Waals surface area contributed by atoms with Crippen molar-refractivity contribution in [2.75, 3.05) is 13.7 Å². The van der Waals surface area contributed by atoms with E-state index in [0.29, 0.717) is 0 Å². The first-order valence-corrected chi connectivity index (χ1v) is 7.44. The van der Waals surface area contributed by atoms with Crippen molar-refractivity contribution in [1.29, 1.82) is 0 Å². The molecule has 2 nitrogen and oxygen atoms in total. The van der Waals surface area contributed by atoms with Crippen LogP contribution in [0, 0.1) is 12.7 Å². The van der Waals surface area contributed by atoms with Crippen LogP contribution < -0.4 is 5.32 Å². The Balaban J connectivity index is 2.82. The molecule has 1 rings (SSSR count). The third kappa shape index (κ3) is 5.22. The van der Waals surface area contributed by atoms with E-state index in [1.54, 1.807) is 13.2 Å².